The zero-order chi connectivity index (χ0) is 8.20. The number of likely N-dealkylation sites (N-methyl/N-ethyl adjacent to an activating group) is 1. The van der Waals surface area contributed by atoms with Crippen LogP contribution in [0.1, 0.15) is 0 Å². The molecule has 0 rings (SSSR count). The number of quaternary nitrogens is 1. The molecule has 2 N–H and O–H groups in total. The maximum Gasteiger partial charge on any atom is 0.119 e. The van der Waals surface area contributed by atoms with E-state index in [9.17, 15) is 9.90 Å². The number of aliphatic carboxylic acids is 1. The highest BCUT2D eigenvalue weighted by Crippen LogP contribution is 1.92. The molecule has 0 aliphatic rings. The minimum Gasteiger partial charge on any atom is -0.544 e. The lowest BCUT2D eigenvalue weighted by Gasteiger charge is -2.29. The molecule has 0 aliphatic carbocycles. The summed E-state index contributed by atoms with van der Waals surface area (Å²) in [5.41, 5.74) is 5.26. The van der Waals surface area contributed by atoms with Crippen LogP contribution in [-0.2, 0) is 4.79 Å². The lowest BCUT2D eigenvalue weighted by atomic mass is 10.4. The van der Waals surface area contributed by atoms with Crippen molar-refractivity contribution in [2.24, 2.45) is 5.73 Å². The molecule has 0 amide bonds. The molecule has 4 nitrogen and oxygen atoms in total. The van der Waals surface area contributed by atoms with E-state index in [0.29, 0.717) is 17.6 Å². The van der Waals surface area contributed by atoms with Gasteiger partial charge in [0, 0.05) is 6.54 Å². The molecule has 0 aliphatic heterocycles. The summed E-state index contributed by atoms with van der Waals surface area (Å²) in [7, 11) is 3.62. The van der Waals surface area contributed by atoms with Gasteiger partial charge in [0.15, 0.2) is 0 Å². The third-order valence-electron chi connectivity index (χ3n) is 1.29. The van der Waals surface area contributed by atoms with Gasteiger partial charge in [0.25, 0.3) is 0 Å². The Labute approximate surface area is 60.8 Å². The van der Waals surface area contributed by atoms with E-state index in [0.717, 1.165) is 0 Å². The van der Waals surface area contributed by atoms with E-state index >= 15 is 0 Å². The lowest BCUT2D eigenvalue weighted by Crippen LogP contribution is -2.50. The monoisotopic (exact) mass is 146 g/mol. The topological polar surface area (TPSA) is 66.2 Å². The van der Waals surface area contributed by atoms with Gasteiger partial charge in [0.2, 0.25) is 0 Å². The third-order valence-corrected chi connectivity index (χ3v) is 1.29. The Kier molecular flexibility index (Phi) is 3.32. The number of carboxylic acid groups (broad SMARTS) is 1. The third kappa shape index (κ3) is 4.29. The number of nitrogens with two attached hydrogens (primary N) is 1. The number of carbonyl (C=O) groups excluding carboxylic acids is 1. The summed E-state index contributed by atoms with van der Waals surface area (Å²) in [6.07, 6.45) is 0. The number of nitrogens with zero attached hydrogens (tertiary/aromatic N) is 1. The molecule has 4 heteroatoms. The number of carboxylic acids is 1. The standard InChI is InChI=1S/C6H14N2O2/c1-8(2,4-3-7)5-6(9)10/h3-5,7H2,1-2H3. The van der Waals surface area contributed by atoms with Gasteiger partial charge < -0.3 is 20.1 Å². The summed E-state index contributed by atoms with van der Waals surface area (Å²) in [6.45, 7) is 1.19. The Bertz CT molecular complexity index is 123. The van der Waals surface area contributed by atoms with Crippen LogP contribution >= 0.6 is 0 Å². The molecule has 0 spiro atoms. The van der Waals surface area contributed by atoms with Gasteiger partial charge in [-0.2, -0.15) is 0 Å². The Morgan fingerprint density at radius 3 is 2.40 bits per heavy atom. The molecule has 0 aromatic heterocycles. The van der Waals surface area contributed by atoms with E-state index < -0.39 is 5.97 Å². The predicted molar refractivity (Wildman–Crippen MR) is 35.9 cm³/mol. The SMILES string of the molecule is C[N+](C)(CCN)CC(=O)[O-]. The minimum absolute atomic E-state index is 0.0250. The Hall–Kier alpha value is -0.610. The van der Waals surface area contributed by atoms with Crippen molar-refractivity contribution in [1.29, 1.82) is 0 Å². The second kappa shape index (κ2) is 3.53. The Balaban J connectivity index is 3.74. The van der Waals surface area contributed by atoms with Crippen molar-refractivity contribution in [3.8, 4) is 0 Å². The van der Waals surface area contributed by atoms with Crippen LogP contribution < -0.4 is 10.8 Å². The van der Waals surface area contributed by atoms with Crippen molar-refractivity contribution in [3.63, 3.8) is 0 Å². The van der Waals surface area contributed by atoms with E-state index in [1.807, 2.05) is 14.1 Å². The van der Waals surface area contributed by atoms with Gasteiger partial charge in [0.05, 0.1) is 26.6 Å². The average molecular weight is 146 g/mol. The number of rotatable bonds is 4. The highest BCUT2D eigenvalue weighted by molar-refractivity contribution is 5.65. The molecule has 0 heterocycles. The quantitative estimate of drug-likeness (QED) is 0.456. The molecule has 0 atom stereocenters. The fourth-order valence-electron chi connectivity index (χ4n) is 0.778. The predicted octanol–water partition coefficient (Wildman–Crippen LogP) is -2.23. The maximum absolute atomic E-state index is 10.1. The van der Waals surface area contributed by atoms with E-state index in [2.05, 4.69) is 0 Å². The summed E-state index contributed by atoms with van der Waals surface area (Å²) in [4.78, 5) is 10.1. The maximum atomic E-state index is 10.1. The van der Waals surface area contributed by atoms with E-state index in [1.165, 1.54) is 0 Å². The highest BCUT2D eigenvalue weighted by Gasteiger charge is 2.12. The van der Waals surface area contributed by atoms with Gasteiger partial charge in [-0.3, -0.25) is 0 Å². The molecule has 60 valence electrons. The normalized spacial score (nSPS) is 11.5. The Morgan fingerprint density at radius 2 is 2.10 bits per heavy atom. The van der Waals surface area contributed by atoms with Crippen molar-refractivity contribution in [3.05, 3.63) is 0 Å². The fraction of sp³-hybridized carbons (Fsp3) is 0.833. The van der Waals surface area contributed by atoms with Crippen LogP contribution in [0, 0.1) is 0 Å². The van der Waals surface area contributed by atoms with Gasteiger partial charge in [-0.15, -0.1) is 0 Å². The summed E-state index contributed by atoms with van der Waals surface area (Å²) >= 11 is 0. The number of hydrogen-bond acceptors (Lipinski definition) is 3. The molecule has 0 aromatic carbocycles. The fourth-order valence-corrected chi connectivity index (χ4v) is 0.778. The van der Waals surface area contributed by atoms with Gasteiger partial charge in [0.1, 0.15) is 6.54 Å². The summed E-state index contributed by atoms with van der Waals surface area (Å²) in [6, 6.07) is 0. The second-order valence-electron chi connectivity index (χ2n) is 2.98. The molecule has 10 heavy (non-hydrogen) atoms. The smallest absolute Gasteiger partial charge is 0.119 e. The van der Waals surface area contributed by atoms with Crippen LogP contribution in [0.4, 0.5) is 0 Å². The van der Waals surface area contributed by atoms with Crippen molar-refractivity contribution >= 4 is 5.97 Å². The molecule has 0 unspecified atom stereocenters. The number of hydrogen-bond donors (Lipinski definition) is 1. The first-order valence-electron chi connectivity index (χ1n) is 3.20. The first kappa shape index (κ1) is 9.39. The van der Waals surface area contributed by atoms with Crippen LogP contribution in [0.25, 0.3) is 0 Å². The van der Waals surface area contributed by atoms with Gasteiger partial charge in [-0.05, 0) is 0 Å². The van der Waals surface area contributed by atoms with Crippen molar-refractivity contribution < 1.29 is 14.4 Å². The van der Waals surface area contributed by atoms with Gasteiger partial charge in [-0.1, -0.05) is 0 Å². The van der Waals surface area contributed by atoms with Crippen LogP contribution in [0.2, 0.25) is 0 Å². The summed E-state index contributed by atoms with van der Waals surface area (Å²) in [5.74, 6) is -1.03. The van der Waals surface area contributed by atoms with Crippen LogP contribution in [0.5, 0.6) is 0 Å². The van der Waals surface area contributed by atoms with Crippen LogP contribution in [0.15, 0.2) is 0 Å². The largest absolute Gasteiger partial charge is 0.544 e. The van der Waals surface area contributed by atoms with E-state index in [4.69, 9.17) is 5.73 Å². The average Bonchev–Trinajstić information content (AvgIpc) is 1.59. The molecular formula is C6H14N2O2. The summed E-state index contributed by atoms with van der Waals surface area (Å²) < 4.78 is 0.388. The molecule has 0 aromatic rings. The zero-order valence-electron chi connectivity index (χ0n) is 6.46. The molecule has 0 fully saturated rings. The first-order chi connectivity index (χ1) is 4.48. The minimum atomic E-state index is -1.03. The first-order valence-corrected chi connectivity index (χ1v) is 3.20. The van der Waals surface area contributed by atoms with Crippen molar-refractivity contribution in [2.45, 2.75) is 0 Å². The van der Waals surface area contributed by atoms with E-state index in [-0.39, 0.29) is 6.54 Å². The second-order valence-corrected chi connectivity index (χ2v) is 2.98. The van der Waals surface area contributed by atoms with Gasteiger partial charge in [-0.25, -0.2) is 0 Å². The van der Waals surface area contributed by atoms with Crippen molar-refractivity contribution in [1.82, 2.24) is 0 Å². The van der Waals surface area contributed by atoms with Crippen LogP contribution in [0.3, 0.4) is 0 Å². The molecule has 0 saturated heterocycles. The zero-order valence-corrected chi connectivity index (χ0v) is 6.46. The molecule has 0 bridgehead atoms. The highest BCUT2D eigenvalue weighted by atomic mass is 16.4. The molecule has 0 radical (unpaired) electrons. The lowest BCUT2D eigenvalue weighted by molar-refractivity contribution is -0.883. The Morgan fingerprint density at radius 1 is 1.60 bits per heavy atom. The number of carbonyl (C=O) groups is 1. The summed E-state index contributed by atoms with van der Waals surface area (Å²) in [5, 5.41) is 10.1. The molecular weight excluding hydrogens is 132 g/mol. The molecule has 0 saturated carbocycles. The van der Waals surface area contributed by atoms with Crippen LogP contribution in [-0.4, -0.2) is 44.2 Å². The van der Waals surface area contributed by atoms with E-state index in [1.54, 1.807) is 0 Å². The van der Waals surface area contributed by atoms with Crippen molar-refractivity contribution in [2.75, 3.05) is 33.7 Å². The van der Waals surface area contributed by atoms with Gasteiger partial charge >= 0.3 is 0 Å².